The smallest absolute Gasteiger partial charge is 0.312 e. The molecule has 0 aliphatic carbocycles. The summed E-state index contributed by atoms with van der Waals surface area (Å²) in [6.45, 7) is 4.56. The predicted octanol–water partition coefficient (Wildman–Crippen LogP) is 1.90. The third-order valence-corrected chi connectivity index (χ3v) is 5.72. The van der Waals surface area contributed by atoms with E-state index in [1.165, 1.54) is 7.11 Å². The van der Waals surface area contributed by atoms with Gasteiger partial charge in [0.2, 0.25) is 0 Å². The average molecular weight is 433 g/mol. The number of nitrogens with one attached hydrogen (secondary N) is 2. The van der Waals surface area contributed by atoms with E-state index in [4.69, 9.17) is 4.74 Å². The second kappa shape index (κ2) is 8.08. The molecule has 158 valence electrons. The number of rotatable bonds is 7. The summed E-state index contributed by atoms with van der Waals surface area (Å²) in [4.78, 5) is 28.7. The Balaban J connectivity index is 1.80. The summed E-state index contributed by atoms with van der Waals surface area (Å²) in [6.07, 6.45) is 0. The van der Waals surface area contributed by atoms with Gasteiger partial charge in [0.1, 0.15) is 5.82 Å². The Morgan fingerprint density at radius 3 is 2.63 bits per heavy atom. The molecule has 11 nitrogen and oxygen atoms in total. The zero-order chi connectivity index (χ0) is 22.1. The van der Waals surface area contributed by atoms with Crippen LogP contribution in [0.1, 0.15) is 23.1 Å². The minimum Gasteiger partial charge on any atom is -0.490 e. The van der Waals surface area contributed by atoms with Crippen LogP contribution in [-0.2, 0) is 16.6 Å². The minimum absolute atomic E-state index is 0.0851. The Bertz CT molecular complexity index is 1250. The van der Waals surface area contributed by atoms with Gasteiger partial charge in [-0.25, -0.2) is 13.4 Å². The molecule has 0 saturated heterocycles. The fourth-order valence-corrected chi connectivity index (χ4v) is 3.87. The molecular weight excluding hydrogens is 414 g/mol. The van der Waals surface area contributed by atoms with E-state index < -0.39 is 31.4 Å². The summed E-state index contributed by atoms with van der Waals surface area (Å²) in [7, 11) is -3.02. The van der Waals surface area contributed by atoms with E-state index in [1.54, 1.807) is 18.2 Å². The van der Waals surface area contributed by atoms with Gasteiger partial charge in [0.15, 0.2) is 5.75 Å². The average Bonchev–Trinajstić information content (AvgIpc) is 3.05. The van der Waals surface area contributed by atoms with E-state index in [1.807, 2.05) is 23.2 Å². The van der Waals surface area contributed by atoms with Gasteiger partial charge in [-0.05, 0) is 44.2 Å². The van der Waals surface area contributed by atoms with Gasteiger partial charge < -0.3 is 9.30 Å². The topological polar surface area (TPSA) is 145 Å². The zero-order valence-corrected chi connectivity index (χ0v) is 17.2. The van der Waals surface area contributed by atoms with E-state index >= 15 is 0 Å². The van der Waals surface area contributed by atoms with E-state index in [0.29, 0.717) is 5.52 Å². The summed E-state index contributed by atoms with van der Waals surface area (Å²) in [6, 6.07) is 7.98. The van der Waals surface area contributed by atoms with Gasteiger partial charge in [-0.3, -0.25) is 20.3 Å². The minimum atomic E-state index is -4.26. The first kappa shape index (κ1) is 21.2. The van der Waals surface area contributed by atoms with Crippen LogP contribution in [0.3, 0.4) is 0 Å². The number of sulfonamides is 1. The van der Waals surface area contributed by atoms with Crippen molar-refractivity contribution in [2.75, 3.05) is 7.11 Å². The Kier molecular flexibility index (Phi) is 5.71. The van der Waals surface area contributed by atoms with Crippen molar-refractivity contribution in [1.82, 2.24) is 19.8 Å². The highest BCUT2D eigenvalue weighted by molar-refractivity contribution is 7.89. The predicted molar refractivity (Wildman–Crippen MR) is 108 cm³/mol. The van der Waals surface area contributed by atoms with Gasteiger partial charge in [0.05, 0.1) is 28.0 Å². The Labute approximate surface area is 171 Å². The van der Waals surface area contributed by atoms with Gasteiger partial charge in [-0.15, -0.1) is 4.83 Å². The fraction of sp³-hybridized carbons (Fsp3) is 0.222. The molecule has 0 saturated carbocycles. The molecule has 0 unspecified atom stereocenters. The number of nitro benzene ring substituents is 1. The van der Waals surface area contributed by atoms with Gasteiger partial charge in [-0.2, -0.15) is 0 Å². The number of carbonyl (C=O) groups is 1. The number of carbonyl (C=O) groups excluding carboxylic acids is 1. The molecule has 2 aromatic carbocycles. The largest absolute Gasteiger partial charge is 0.490 e. The number of imidazole rings is 1. The molecule has 0 aliphatic heterocycles. The van der Waals surface area contributed by atoms with Crippen LogP contribution in [0.2, 0.25) is 0 Å². The van der Waals surface area contributed by atoms with Crippen LogP contribution in [0.15, 0.2) is 41.3 Å². The second-order valence-corrected chi connectivity index (χ2v) is 7.94. The standard InChI is InChI=1S/C18H19N5O6S/c1-4-22-11(2)19-14-9-12(5-7-15(14)22)18(24)20-21-30(27,28)13-6-8-17(29-3)16(10-13)23(25)26/h5-10,21H,4H2,1-3H3,(H,20,24). The normalized spacial score (nSPS) is 11.4. The van der Waals surface area contributed by atoms with Crippen LogP contribution in [0.4, 0.5) is 5.69 Å². The molecule has 3 rings (SSSR count). The van der Waals surface area contributed by atoms with Crippen molar-refractivity contribution in [3.05, 3.63) is 57.9 Å². The van der Waals surface area contributed by atoms with Crippen molar-refractivity contribution in [1.29, 1.82) is 0 Å². The molecule has 1 amide bonds. The number of hydrogen-bond donors (Lipinski definition) is 2. The Morgan fingerprint density at radius 2 is 2.00 bits per heavy atom. The van der Waals surface area contributed by atoms with Crippen LogP contribution < -0.4 is 15.0 Å². The van der Waals surface area contributed by atoms with Crippen molar-refractivity contribution in [2.45, 2.75) is 25.3 Å². The molecule has 30 heavy (non-hydrogen) atoms. The SMILES string of the molecule is CCn1c(C)nc2cc(C(=O)NNS(=O)(=O)c3ccc(OC)c([N+](=O)[O-])c3)ccc21. The van der Waals surface area contributed by atoms with Crippen LogP contribution in [0.5, 0.6) is 5.75 Å². The third-order valence-electron chi connectivity index (χ3n) is 4.47. The molecule has 2 N–H and O–H groups in total. The van der Waals surface area contributed by atoms with Crippen molar-refractivity contribution in [2.24, 2.45) is 0 Å². The number of ether oxygens (including phenoxy) is 1. The van der Waals surface area contributed by atoms with Gasteiger partial charge in [0.25, 0.3) is 15.9 Å². The van der Waals surface area contributed by atoms with Gasteiger partial charge in [0, 0.05) is 18.2 Å². The number of fused-ring (bicyclic) bond motifs is 1. The molecule has 0 atom stereocenters. The molecule has 1 heterocycles. The zero-order valence-electron chi connectivity index (χ0n) is 16.4. The number of methoxy groups -OCH3 is 1. The first-order valence-electron chi connectivity index (χ1n) is 8.79. The molecule has 0 bridgehead atoms. The fourth-order valence-electron chi connectivity index (χ4n) is 3.01. The van der Waals surface area contributed by atoms with E-state index in [9.17, 15) is 23.3 Å². The lowest BCUT2D eigenvalue weighted by molar-refractivity contribution is -0.386. The van der Waals surface area contributed by atoms with Crippen molar-refractivity contribution in [3.63, 3.8) is 0 Å². The molecule has 1 aromatic heterocycles. The van der Waals surface area contributed by atoms with E-state index in [2.05, 4.69) is 10.4 Å². The van der Waals surface area contributed by atoms with Gasteiger partial charge >= 0.3 is 5.69 Å². The number of amides is 1. The van der Waals surface area contributed by atoms with Gasteiger partial charge in [-0.1, -0.05) is 0 Å². The quantitative estimate of drug-likeness (QED) is 0.427. The number of hydrogen-bond acceptors (Lipinski definition) is 7. The molecule has 0 fully saturated rings. The van der Waals surface area contributed by atoms with E-state index in [-0.39, 0.29) is 11.3 Å². The molecule has 3 aromatic rings. The highest BCUT2D eigenvalue weighted by atomic mass is 32.2. The van der Waals surface area contributed by atoms with Crippen molar-refractivity contribution in [3.8, 4) is 5.75 Å². The van der Waals surface area contributed by atoms with Crippen molar-refractivity contribution >= 4 is 32.7 Å². The lowest BCUT2D eigenvalue weighted by Gasteiger charge is -2.09. The maximum Gasteiger partial charge on any atom is 0.312 e. The third kappa shape index (κ3) is 3.95. The monoisotopic (exact) mass is 433 g/mol. The number of benzene rings is 2. The molecule has 0 aliphatic rings. The summed E-state index contributed by atoms with van der Waals surface area (Å²) >= 11 is 0. The molecule has 0 radical (unpaired) electrons. The number of aryl methyl sites for hydroxylation is 2. The lowest BCUT2D eigenvalue weighted by atomic mass is 10.2. The van der Waals surface area contributed by atoms with Crippen molar-refractivity contribution < 1.29 is 22.9 Å². The van der Waals surface area contributed by atoms with E-state index in [0.717, 1.165) is 36.1 Å². The van der Waals surface area contributed by atoms with Crippen LogP contribution >= 0.6 is 0 Å². The number of hydrazine groups is 1. The Morgan fingerprint density at radius 1 is 1.27 bits per heavy atom. The number of nitro groups is 1. The van der Waals surface area contributed by atoms with Crippen LogP contribution in [-0.4, -0.2) is 35.9 Å². The number of nitrogens with zero attached hydrogens (tertiary/aromatic N) is 3. The summed E-state index contributed by atoms with van der Waals surface area (Å²) < 4.78 is 31.7. The lowest BCUT2D eigenvalue weighted by Crippen LogP contribution is -2.41. The highest BCUT2D eigenvalue weighted by Gasteiger charge is 2.23. The second-order valence-electron chi connectivity index (χ2n) is 6.26. The summed E-state index contributed by atoms with van der Waals surface area (Å²) in [5, 5.41) is 11.1. The Hall–Kier alpha value is -3.51. The summed E-state index contributed by atoms with van der Waals surface area (Å²) in [5.41, 5.74) is 3.25. The maximum absolute atomic E-state index is 12.4. The molecule has 12 heteroatoms. The molecule has 0 spiro atoms. The maximum atomic E-state index is 12.4. The summed E-state index contributed by atoms with van der Waals surface area (Å²) in [5.74, 6) is 0.0112. The van der Waals surface area contributed by atoms with Crippen LogP contribution in [0.25, 0.3) is 11.0 Å². The first-order valence-corrected chi connectivity index (χ1v) is 10.3. The van der Waals surface area contributed by atoms with Crippen LogP contribution in [0, 0.1) is 17.0 Å². The highest BCUT2D eigenvalue weighted by Crippen LogP contribution is 2.29. The molecular formula is C18H19N5O6S. The first-order chi connectivity index (χ1) is 14.2. The number of aromatic nitrogens is 2.